The third-order valence-corrected chi connectivity index (χ3v) is 4.27. The zero-order valence-corrected chi connectivity index (χ0v) is 14.8. The molecule has 0 fully saturated rings. The van der Waals surface area contributed by atoms with Gasteiger partial charge in [0.05, 0.1) is 5.02 Å². The molecule has 3 rings (SSSR count). The van der Waals surface area contributed by atoms with Crippen LogP contribution in [0.1, 0.15) is 18.1 Å². The third kappa shape index (κ3) is 4.41. The smallest absolute Gasteiger partial charge is 0.138 e. The van der Waals surface area contributed by atoms with E-state index >= 15 is 0 Å². The molecule has 0 aliphatic heterocycles. The maximum Gasteiger partial charge on any atom is 0.138 e. The predicted molar refractivity (Wildman–Crippen MR) is 95.9 cm³/mol. The second-order valence-corrected chi connectivity index (χ2v) is 6.46. The Hall–Kier alpha value is -1.75. The number of benzene rings is 2. The van der Waals surface area contributed by atoms with E-state index < -0.39 is 0 Å². The molecule has 124 valence electrons. The summed E-state index contributed by atoms with van der Waals surface area (Å²) < 4.78 is 7.89. The topological polar surface area (TPSA) is 39.9 Å². The van der Waals surface area contributed by atoms with Gasteiger partial charge in [-0.15, -0.1) is 0 Å². The van der Waals surface area contributed by atoms with Gasteiger partial charge in [0.1, 0.15) is 24.5 Å². The van der Waals surface area contributed by atoms with E-state index in [2.05, 4.69) is 10.1 Å². The summed E-state index contributed by atoms with van der Waals surface area (Å²) in [6, 6.07) is 12.7. The number of ether oxygens (including phenoxy) is 1. The zero-order valence-electron chi connectivity index (χ0n) is 12.6. The Labute approximate surface area is 154 Å². The molecule has 1 aromatic heterocycles. The van der Waals surface area contributed by atoms with Crippen molar-refractivity contribution < 1.29 is 4.74 Å². The molecule has 2 aromatic carbocycles. The monoisotopic (exact) mass is 381 g/mol. The first-order chi connectivity index (χ1) is 11.6. The van der Waals surface area contributed by atoms with Gasteiger partial charge >= 0.3 is 0 Å². The molecule has 1 heterocycles. The molecule has 0 N–H and O–H groups in total. The first kappa shape index (κ1) is 17.1. The Morgan fingerprint density at radius 1 is 1.00 bits per heavy atom. The predicted octanol–water partition coefficient (Wildman–Crippen LogP) is 5.45. The largest absolute Gasteiger partial charge is 0.484 e. The summed E-state index contributed by atoms with van der Waals surface area (Å²) in [6.45, 7) is 0.665. The van der Waals surface area contributed by atoms with Crippen molar-refractivity contribution in [3.8, 4) is 5.75 Å². The van der Waals surface area contributed by atoms with Gasteiger partial charge in [-0.05, 0) is 35.9 Å². The summed E-state index contributed by atoms with van der Waals surface area (Å²) in [6.07, 6.45) is 3.68. The lowest BCUT2D eigenvalue weighted by Gasteiger charge is -2.20. The van der Waals surface area contributed by atoms with E-state index in [1.165, 1.54) is 6.33 Å². The van der Waals surface area contributed by atoms with Gasteiger partial charge in [-0.1, -0.05) is 46.9 Å². The Morgan fingerprint density at radius 3 is 2.42 bits per heavy atom. The lowest BCUT2D eigenvalue weighted by Crippen LogP contribution is -2.12. The van der Waals surface area contributed by atoms with Crippen molar-refractivity contribution in [2.75, 3.05) is 0 Å². The molecule has 0 bridgehead atoms. The highest BCUT2D eigenvalue weighted by Crippen LogP contribution is 2.33. The van der Waals surface area contributed by atoms with Crippen LogP contribution in [0.2, 0.25) is 15.1 Å². The van der Waals surface area contributed by atoms with E-state index in [-0.39, 0.29) is 6.10 Å². The number of rotatable bonds is 6. The lowest BCUT2D eigenvalue weighted by atomic mass is 10.1. The fourth-order valence-corrected chi connectivity index (χ4v) is 2.87. The van der Waals surface area contributed by atoms with Crippen LogP contribution >= 0.6 is 34.8 Å². The lowest BCUT2D eigenvalue weighted by molar-refractivity contribution is 0.186. The second-order valence-electron chi connectivity index (χ2n) is 5.18. The number of halogens is 3. The van der Waals surface area contributed by atoms with Gasteiger partial charge in [-0.2, -0.15) is 5.10 Å². The summed E-state index contributed by atoms with van der Waals surface area (Å²) in [5.74, 6) is 0.583. The molecule has 0 spiro atoms. The van der Waals surface area contributed by atoms with E-state index in [0.717, 1.165) is 5.56 Å². The van der Waals surface area contributed by atoms with Gasteiger partial charge in [-0.25, -0.2) is 4.98 Å². The SMILES string of the molecule is Clc1ccc([C@@H](CCn2cncn2)Oc2ccc(Cl)cc2Cl)cc1. The van der Waals surface area contributed by atoms with Crippen molar-refractivity contribution in [3.05, 3.63) is 75.8 Å². The molecule has 0 saturated heterocycles. The van der Waals surface area contributed by atoms with Crippen LogP contribution in [0.25, 0.3) is 0 Å². The van der Waals surface area contributed by atoms with E-state index in [4.69, 9.17) is 39.5 Å². The quantitative estimate of drug-likeness (QED) is 0.569. The van der Waals surface area contributed by atoms with Crippen LogP contribution in [0.15, 0.2) is 55.1 Å². The van der Waals surface area contributed by atoms with Crippen LogP contribution in [0.3, 0.4) is 0 Å². The molecule has 0 unspecified atom stereocenters. The molecule has 0 amide bonds. The Bertz CT molecular complexity index is 791. The summed E-state index contributed by atoms with van der Waals surface area (Å²) in [4.78, 5) is 3.95. The van der Waals surface area contributed by atoms with Gasteiger partial charge in [0, 0.05) is 23.0 Å². The summed E-state index contributed by atoms with van der Waals surface area (Å²) >= 11 is 18.1. The fraction of sp³-hybridized carbons (Fsp3) is 0.176. The Morgan fingerprint density at radius 2 is 1.75 bits per heavy atom. The molecular weight excluding hydrogens is 369 g/mol. The maximum absolute atomic E-state index is 6.23. The van der Waals surface area contributed by atoms with Gasteiger partial charge in [-0.3, -0.25) is 4.68 Å². The minimum Gasteiger partial charge on any atom is -0.484 e. The number of aryl methyl sites for hydroxylation is 1. The summed E-state index contributed by atoms with van der Waals surface area (Å²) in [5.41, 5.74) is 1.01. The summed E-state index contributed by atoms with van der Waals surface area (Å²) in [7, 11) is 0. The molecule has 0 aliphatic rings. The second kappa shape index (κ2) is 7.88. The molecule has 4 nitrogen and oxygen atoms in total. The van der Waals surface area contributed by atoms with E-state index in [9.17, 15) is 0 Å². The van der Waals surface area contributed by atoms with Crippen molar-refractivity contribution in [1.29, 1.82) is 0 Å². The van der Waals surface area contributed by atoms with E-state index in [1.807, 2.05) is 24.3 Å². The minimum atomic E-state index is -0.204. The highest BCUT2D eigenvalue weighted by atomic mass is 35.5. The molecule has 0 radical (unpaired) electrons. The molecule has 1 atom stereocenters. The summed E-state index contributed by atoms with van der Waals surface area (Å²) in [5, 5.41) is 5.84. The van der Waals surface area contributed by atoms with Crippen LogP contribution in [-0.2, 0) is 6.54 Å². The van der Waals surface area contributed by atoms with Gasteiger partial charge < -0.3 is 4.74 Å². The van der Waals surface area contributed by atoms with Crippen molar-refractivity contribution in [2.45, 2.75) is 19.1 Å². The van der Waals surface area contributed by atoms with E-state index in [0.29, 0.717) is 33.8 Å². The minimum absolute atomic E-state index is 0.204. The third-order valence-electron chi connectivity index (χ3n) is 3.49. The van der Waals surface area contributed by atoms with Crippen molar-refractivity contribution >= 4 is 34.8 Å². The Balaban J connectivity index is 1.81. The van der Waals surface area contributed by atoms with Crippen molar-refractivity contribution in [3.63, 3.8) is 0 Å². The van der Waals surface area contributed by atoms with Crippen LogP contribution in [0.4, 0.5) is 0 Å². The average Bonchev–Trinajstić information content (AvgIpc) is 3.08. The normalized spacial score (nSPS) is 12.1. The van der Waals surface area contributed by atoms with Crippen LogP contribution in [0, 0.1) is 0 Å². The van der Waals surface area contributed by atoms with E-state index in [1.54, 1.807) is 29.2 Å². The standard InChI is InChI=1S/C17H14Cl3N3O/c18-13-3-1-12(2-4-13)16(7-8-23-11-21-10-22-23)24-17-6-5-14(19)9-15(17)20/h1-6,9-11,16H,7-8H2/t16-/m1/s1. The molecule has 24 heavy (non-hydrogen) atoms. The first-order valence-corrected chi connectivity index (χ1v) is 8.45. The van der Waals surface area contributed by atoms with Crippen molar-refractivity contribution in [1.82, 2.24) is 14.8 Å². The van der Waals surface area contributed by atoms with Crippen molar-refractivity contribution in [2.24, 2.45) is 0 Å². The number of aromatic nitrogens is 3. The molecule has 0 saturated carbocycles. The van der Waals surface area contributed by atoms with Crippen LogP contribution < -0.4 is 4.74 Å². The molecule has 3 aromatic rings. The number of nitrogens with zero attached hydrogens (tertiary/aromatic N) is 3. The van der Waals surface area contributed by atoms with Crippen LogP contribution in [0.5, 0.6) is 5.75 Å². The Kier molecular flexibility index (Phi) is 5.61. The number of hydrogen-bond donors (Lipinski definition) is 0. The molecule has 0 aliphatic carbocycles. The average molecular weight is 383 g/mol. The van der Waals surface area contributed by atoms with Crippen LogP contribution in [-0.4, -0.2) is 14.8 Å². The zero-order chi connectivity index (χ0) is 16.9. The van der Waals surface area contributed by atoms with Gasteiger partial charge in [0.25, 0.3) is 0 Å². The number of hydrogen-bond acceptors (Lipinski definition) is 3. The van der Waals surface area contributed by atoms with Gasteiger partial charge in [0.15, 0.2) is 0 Å². The highest BCUT2D eigenvalue weighted by molar-refractivity contribution is 6.35. The fourth-order valence-electron chi connectivity index (χ4n) is 2.29. The molecule has 7 heteroatoms. The highest BCUT2D eigenvalue weighted by Gasteiger charge is 2.16. The molecular formula is C17H14Cl3N3O. The van der Waals surface area contributed by atoms with Gasteiger partial charge in [0.2, 0.25) is 0 Å². The maximum atomic E-state index is 6.23. The first-order valence-electron chi connectivity index (χ1n) is 7.31.